The summed E-state index contributed by atoms with van der Waals surface area (Å²) in [5.41, 5.74) is 0. The van der Waals surface area contributed by atoms with Gasteiger partial charge in [-0.05, 0) is 39.5 Å². The van der Waals surface area contributed by atoms with Crippen molar-refractivity contribution in [2.75, 3.05) is 45.6 Å². The van der Waals surface area contributed by atoms with E-state index in [4.69, 9.17) is 0 Å². The second kappa shape index (κ2) is 6.63. The lowest BCUT2D eigenvalue weighted by Crippen LogP contribution is -2.31. The highest BCUT2D eigenvalue weighted by Gasteiger charge is 2.25. The Labute approximate surface area is 120 Å². The summed E-state index contributed by atoms with van der Waals surface area (Å²) in [5, 5.41) is 4.31. The van der Waals surface area contributed by atoms with Gasteiger partial charge < -0.3 is 10.2 Å². The van der Waals surface area contributed by atoms with Crippen molar-refractivity contribution >= 4 is 16.7 Å². The number of nitrogens with one attached hydrogen (secondary N) is 1. The highest BCUT2D eigenvalue weighted by Crippen LogP contribution is 2.23. The van der Waals surface area contributed by atoms with Crippen LogP contribution in [0.25, 0.3) is 0 Å². The number of anilines is 1. The molecule has 0 aliphatic carbocycles. The minimum Gasteiger partial charge on any atom is -0.360 e. The molecule has 1 aromatic heterocycles. The van der Waals surface area contributed by atoms with E-state index in [9.17, 15) is 0 Å². The van der Waals surface area contributed by atoms with Gasteiger partial charge in [0.15, 0.2) is 5.82 Å². The van der Waals surface area contributed by atoms with Crippen LogP contribution in [0.1, 0.15) is 32.1 Å². The van der Waals surface area contributed by atoms with Gasteiger partial charge in [-0.25, -0.2) is 4.98 Å². The average molecular weight is 283 g/mol. The van der Waals surface area contributed by atoms with Gasteiger partial charge in [-0.15, -0.1) is 0 Å². The van der Waals surface area contributed by atoms with E-state index >= 15 is 0 Å². The summed E-state index contributed by atoms with van der Waals surface area (Å²) in [6.45, 7) is 8.63. The third-order valence-corrected chi connectivity index (χ3v) is 4.16. The molecule has 1 fully saturated rings. The van der Waals surface area contributed by atoms with Crippen LogP contribution < -0.4 is 5.32 Å². The van der Waals surface area contributed by atoms with Crippen molar-refractivity contribution in [3.05, 3.63) is 5.82 Å². The third-order valence-electron chi connectivity index (χ3n) is 3.47. The molecule has 0 amide bonds. The van der Waals surface area contributed by atoms with Gasteiger partial charge in [0.25, 0.3) is 0 Å². The molecule has 1 atom stereocenters. The smallest absolute Gasteiger partial charge is 0.202 e. The number of nitrogens with zero attached hydrogens (tertiary/aromatic N) is 4. The zero-order chi connectivity index (χ0) is 13.8. The lowest BCUT2D eigenvalue weighted by atomic mass is 10.2. The molecule has 1 aliphatic rings. The minimum absolute atomic E-state index is 0.318. The molecule has 1 aromatic rings. The Bertz CT molecular complexity index is 392. The first-order valence-corrected chi connectivity index (χ1v) is 7.80. The van der Waals surface area contributed by atoms with Gasteiger partial charge in [0, 0.05) is 24.6 Å². The normalized spacial score (nSPS) is 22.7. The molecule has 19 heavy (non-hydrogen) atoms. The maximum absolute atomic E-state index is 4.66. The minimum atomic E-state index is 0.318. The highest BCUT2D eigenvalue weighted by atomic mass is 32.1. The van der Waals surface area contributed by atoms with Crippen molar-refractivity contribution in [3.63, 3.8) is 0 Å². The first-order valence-electron chi connectivity index (χ1n) is 7.02. The fourth-order valence-electron chi connectivity index (χ4n) is 2.28. The monoisotopic (exact) mass is 283 g/mol. The molecule has 0 spiro atoms. The van der Waals surface area contributed by atoms with Crippen LogP contribution in [-0.4, -0.2) is 59.4 Å². The zero-order valence-electron chi connectivity index (χ0n) is 12.4. The molecule has 1 saturated heterocycles. The van der Waals surface area contributed by atoms with Crippen LogP contribution in [0.5, 0.6) is 0 Å². The number of likely N-dealkylation sites (N-methyl/N-ethyl adjacent to an activating group) is 2. The fourth-order valence-corrected chi connectivity index (χ4v) is 2.91. The highest BCUT2D eigenvalue weighted by molar-refractivity contribution is 7.09. The Kier molecular flexibility index (Phi) is 5.13. The summed E-state index contributed by atoms with van der Waals surface area (Å²) >= 11 is 1.48. The quantitative estimate of drug-likeness (QED) is 0.914. The van der Waals surface area contributed by atoms with Crippen molar-refractivity contribution in [3.8, 4) is 0 Å². The summed E-state index contributed by atoms with van der Waals surface area (Å²) in [6, 6.07) is 0.318. The summed E-state index contributed by atoms with van der Waals surface area (Å²) in [5.74, 6) is 1.59. The molecule has 2 heterocycles. The van der Waals surface area contributed by atoms with E-state index in [-0.39, 0.29) is 0 Å². The van der Waals surface area contributed by atoms with Gasteiger partial charge in [0.05, 0.1) is 6.04 Å². The fraction of sp³-hybridized carbons (Fsp3) is 0.846. The standard InChI is InChI=1S/C13H25N5S/c1-10(2)8-14-13-15-12(16-19-13)11-9-17(3)6-5-7-18(11)4/h10-11H,5-9H2,1-4H3,(H,14,15,16). The maximum Gasteiger partial charge on any atom is 0.202 e. The SMILES string of the molecule is CC(C)CNc1nc(C2CN(C)CCCN2C)ns1. The molecule has 1 N–H and O–H groups in total. The van der Waals surface area contributed by atoms with E-state index < -0.39 is 0 Å². The summed E-state index contributed by atoms with van der Waals surface area (Å²) in [7, 11) is 4.35. The van der Waals surface area contributed by atoms with Crippen LogP contribution in [0, 0.1) is 5.92 Å². The molecular formula is C13H25N5S. The van der Waals surface area contributed by atoms with E-state index in [1.54, 1.807) is 0 Å². The van der Waals surface area contributed by atoms with Crippen molar-refractivity contribution in [2.24, 2.45) is 5.92 Å². The Hall–Kier alpha value is -0.720. The average Bonchev–Trinajstić information content (AvgIpc) is 2.75. The molecular weight excluding hydrogens is 258 g/mol. The Balaban J connectivity index is 2.03. The Morgan fingerprint density at radius 1 is 1.37 bits per heavy atom. The van der Waals surface area contributed by atoms with Crippen molar-refractivity contribution in [1.29, 1.82) is 0 Å². The van der Waals surface area contributed by atoms with Gasteiger partial charge in [-0.2, -0.15) is 4.37 Å². The molecule has 6 heteroatoms. The predicted molar refractivity (Wildman–Crippen MR) is 80.7 cm³/mol. The van der Waals surface area contributed by atoms with Crippen LogP contribution >= 0.6 is 11.5 Å². The number of rotatable bonds is 4. The Morgan fingerprint density at radius 2 is 2.16 bits per heavy atom. The van der Waals surface area contributed by atoms with Gasteiger partial charge in [0.2, 0.25) is 5.13 Å². The van der Waals surface area contributed by atoms with Gasteiger partial charge in [0.1, 0.15) is 0 Å². The molecule has 1 unspecified atom stereocenters. The lowest BCUT2D eigenvalue weighted by molar-refractivity contribution is 0.221. The van der Waals surface area contributed by atoms with E-state index in [1.165, 1.54) is 18.0 Å². The molecule has 5 nitrogen and oxygen atoms in total. The number of hydrogen-bond donors (Lipinski definition) is 1. The van der Waals surface area contributed by atoms with Crippen molar-refractivity contribution < 1.29 is 0 Å². The maximum atomic E-state index is 4.66. The van der Waals surface area contributed by atoms with Crippen molar-refractivity contribution in [2.45, 2.75) is 26.3 Å². The Morgan fingerprint density at radius 3 is 2.89 bits per heavy atom. The van der Waals surface area contributed by atoms with E-state index in [0.29, 0.717) is 12.0 Å². The summed E-state index contributed by atoms with van der Waals surface area (Å²) in [6.07, 6.45) is 1.21. The lowest BCUT2D eigenvalue weighted by Gasteiger charge is -2.24. The molecule has 0 aromatic carbocycles. The molecule has 2 rings (SSSR count). The second-order valence-electron chi connectivity index (χ2n) is 5.84. The summed E-state index contributed by atoms with van der Waals surface area (Å²) in [4.78, 5) is 9.40. The molecule has 1 aliphatic heterocycles. The van der Waals surface area contributed by atoms with Gasteiger partial charge in [-0.1, -0.05) is 13.8 Å². The predicted octanol–water partition coefficient (Wildman–Crippen LogP) is 1.91. The molecule has 0 saturated carbocycles. The van der Waals surface area contributed by atoms with Gasteiger partial charge >= 0.3 is 0 Å². The van der Waals surface area contributed by atoms with Crippen LogP contribution in [0.3, 0.4) is 0 Å². The molecule has 0 radical (unpaired) electrons. The third kappa shape index (κ3) is 4.12. The van der Waals surface area contributed by atoms with Crippen LogP contribution in [0.2, 0.25) is 0 Å². The van der Waals surface area contributed by atoms with E-state index in [1.807, 2.05) is 0 Å². The summed E-state index contributed by atoms with van der Waals surface area (Å²) < 4.78 is 4.54. The molecule has 0 bridgehead atoms. The molecule has 108 valence electrons. The largest absolute Gasteiger partial charge is 0.360 e. The zero-order valence-corrected chi connectivity index (χ0v) is 13.2. The van der Waals surface area contributed by atoms with Crippen molar-refractivity contribution in [1.82, 2.24) is 19.2 Å². The second-order valence-corrected chi connectivity index (χ2v) is 6.60. The topological polar surface area (TPSA) is 44.3 Å². The van der Waals surface area contributed by atoms with E-state index in [0.717, 1.165) is 37.1 Å². The van der Waals surface area contributed by atoms with Crippen LogP contribution in [-0.2, 0) is 0 Å². The first-order chi connectivity index (χ1) is 9.06. The van der Waals surface area contributed by atoms with Gasteiger partial charge in [-0.3, -0.25) is 4.90 Å². The van der Waals surface area contributed by atoms with E-state index in [2.05, 4.69) is 52.4 Å². The van der Waals surface area contributed by atoms with Crippen LogP contribution in [0.4, 0.5) is 5.13 Å². The number of hydrogen-bond acceptors (Lipinski definition) is 6. The van der Waals surface area contributed by atoms with Crippen LogP contribution in [0.15, 0.2) is 0 Å². The number of aromatic nitrogens is 2. The first kappa shape index (κ1) is 14.7.